The van der Waals surface area contributed by atoms with Gasteiger partial charge in [-0.25, -0.2) is 8.42 Å². The molecule has 0 atom stereocenters. The zero-order chi connectivity index (χ0) is 14.9. The van der Waals surface area contributed by atoms with Crippen LogP contribution in [-0.4, -0.2) is 8.42 Å². The van der Waals surface area contributed by atoms with Crippen LogP contribution < -0.4 is 4.72 Å². The van der Waals surface area contributed by atoms with E-state index >= 15 is 0 Å². The molecule has 0 saturated heterocycles. The molecule has 2 rings (SSSR count). The van der Waals surface area contributed by atoms with E-state index in [1.54, 1.807) is 24.3 Å². The molecular formula is C13H10Br3NO2S. The van der Waals surface area contributed by atoms with E-state index in [1.165, 1.54) is 0 Å². The van der Waals surface area contributed by atoms with Crippen molar-refractivity contribution in [2.24, 2.45) is 0 Å². The number of sulfonamides is 1. The van der Waals surface area contributed by atoms with Crippen LogP contribution in [0.25, 0.3) is 0 Å². The molecule has 106 valence electrons. The normalized spacial score (nSPS) is 11.4. The van der Waals surface area contributed by atoms with E-state index in [0.717, 1.165) is 5.56 Å². The van der Waals surface area contributed by atoms with Crippen molar-refractivity contribution in [3.8, 4) is 0 Å². The summed E-state index contributed by atoms with van der Waals surface area (Å²) in [5.41, 5.74) is 1.50. The standard InChI is InChI=1S/C13H10Br3NO2S/c1-8-6-10(15)13(11(16)7-8)17-20(18,19)12-5-3-2-4-9(12)14/h2-7,17H,1H3. The van der Waals surface area contributed by atoms with Crippen LogP contribution in [-0.2, 0) is 10.0 Å². The third-order valence-electron chi connectivity index (χ3n) is 2.55. The molecule has 0 heterocycles. The van der Waals surface area contributed by atoms with Gasteiger partial charge in [0.15, 0.2) is 0 Å². The Labute approximate surface area is 143 Å². The quantitative estimate of drug-likeness (QED) is 0.661. The first kappa shape index (κ1) is 16.0. The van der Waals surface area contributed by atoms with Crippen LogP contribution in [0.15, 0.2) is 54.7 Å². The molecule has 0 saturated carbocycles. The molecule has 2 aromatic carbocycles. The molecule has 0 aromatic heterocycles. The smallest absolute Gasteiger partial charge is 0.263 e. The Kier molecular flexibility index (Phi) is 4.94. The van der Waals surface area contributed by atoms with Crippen molar-refractivity contribution in [2.45, 2.75) is 11.8 Å². The van der Waals surface area contributed by atoms with Gasteiger partial charge in [0.25, 0.3) is 10.0 Å². The molecule has 0 radical (unpaired) electrons. The van der Waals surface area contributed by atoms with E-state index < -0.39 is 10.0 Å². The molecule has 2 aromatic rings. The van der Waals surface area contributed by atoms with Gasteiger partial charge in [0, 0.05) is 13.4 Å². The van der Waals surface area contributed by atoms with E-state index in [0.29, 0.717) is 19.1 Å². The summed E-state index contributed by atoms with van der Waals surface area (Å²) >= 11 is 10.00. The lowest BCUT2D eigenvalue weighted by molar-refractivity contribution is 0.600. The molecular weight excluding hydrogens is 474 g/mol. The van der Waals surface area contributed by atoms with Crippen molar-refractivity contribution in [1.82, 2.24) is 0 Å². The molecule has 0 spiro atoms. The van der Waals surface area contributed by atoms with Crippen LogP contribution in [0.3, 0.4) is 0 Å². The van der Waals surface area contributed by atoms with Gasteiger partial charge >= 0.3 is 0 Å². The maximum atomic E-state index is 12.4. The highest BCUT2D eigenvalue weighted by Crippen LogP contribution is 2.34. The minimum atomic E-state index is -3.66. The molecule has 0 unspecified atom stereocenters. The van der Waals surface area contributed by atoms with Gasteiger partial charge < -0.3 is 0 Å². The van der Waals surface area contributed by atoms with Gasteiger partial charge in [-0.1, -0.05) is 12.1 Å². The van der Waals surface area contributed by atoms with Crippen molar-refractivity contribution >= 4 is 63.5 Å². The van der Waals surface area contributed by atoms with Gasteiger partial charge in [-0.2, -0.15) is 0 Å². The minimum absolute atomic E-state index is 0.194. The fraction of sp³-hybridized carbons (Fsp3) is 0.0769. The summed E-state index contributed by atoms with van der Waals surface area (Å²) in [4.78, 5) is 0.194. The van der Waals surface area contributed by atoms with Gasteiger partial charge in [-0.05, 0) is 84.5 Å². The summed E-state index contributed by atoms with van der Waals surface area (Å²) in [6, 6.07) is 10.4. The predicted molar refractivity (Wildman–Crippen MR) is 91.5 cm³/mol. The Morgan fingerprint density at radius 2 is 1.50 bits per heavy atom. The summed E-state index contributed by atoms with van der Waals surface area (Å²) in [6.07, 6.45) is 0. The minimum Gasteiger partial charge on any atom is -0.277 e. The van der Waals surface area contributed by atoms with Crippen LogP contribution in [0.2, 0.25) is 0 Å². The Balaban J connectivity index is 2.47. The number of hydrogen-bond donors (Lipinski definition) is 1. The molecule has 0 bridgehead atoms. The van der Waals surface area contributed by atoms with Gasteiger partial charge in [0.1, 0.15) is 4.90 Å². The lowest BCUT2D eigenvalue weighted by atomic mass is 10.2. The van der Waals surface area contributed by atoms with Crippen molar-refractivity contribution in [1.29, 1.82) is 0 Å². The summed E-state index contributed by atoms with van der Waals surface area (Å²) in [6.45, 7) is 1.93. The summed E-state index contributed by atoms with van der Waals surface area (Å²) in [5, 5.41) is 0. The van der Waals surface area contributed by atoms with Gasteiger partial charge in [0.2, 0.25) is 0 Å². The third kappa shape index (κ3) is 3.44. The fourth-order valence-electron chi connectivity index (χ4n) is 1.65. The van der Waals surface area contributed by atoms with Crippen LogP contribution in [0.1, 0.15) is 5.56 Å². The van der Waals surface area contributed by atoms with Crippen LogP contribution in [0.5, 0.6) is 0 Å². The third-order valence-corrected chi connectivity index (χ3v) is 6.16. The van der Waals surface area contributed by atoms with Crippen LogP contribution in [0.4, 0.5) is 5.69 Å². The van der Waals surface area contributed by atoms with E-state index in [-0.39, 0.29) is 4.90 Å². The second kappa shape index (κ2) is 6.17. The molecule has 3 nitrogen and oxygen atoms in total. The zero-order valence-corrected chi connectivity index (χ0v) is 15.9. The average Bonchev–Trinajstić information content (AvgIpc) is 2.34. The second-order valence-corrected chi connectivity index (χ2v) is 8.35. The molecule has 0 aliphatic carbocycles. The van der Waals surface area contributed by atoms with E-state index in [4.69, 9.17) is 0 Å². The number of nitrogens with one attached hydrogen (secondary N) is 1. The van der Waals surface area contributed by atoms with Gasteiger partial charge in [-0.15, -0.1) is 0 Å². The average molecular weight is 484 g/mol. The number of rotatable bonds is 3. The summed E-state index contributed by atoms with van der Waals surface area (Å²) in [5.74, 6) is 0. The SMILES string of the molecule is Cc1cc(Br)c(NS(=O)(=O)c2ccccc2Br)c(Br)c1. The monoisotopic (exact) mass is 481 g/mol. The number of hydrogen-bond acceptors (Lipinski definition) is 2. The largest absolute Gasteiger partial charge is 0.277 e. The molecule has 0 amide bonds. The van der Waals surface area contributed by atoms with E-state index in [1.807, 2.05) is 19.1 Å². The Morgan fingerprint density at radius 1 is 0.950 bits per heavy atom. The van der Waals surface area contributed by atoms with Crippen molar-refractivity contribution in [3.05, 3.63) is 55.4 Å². The molecule has 0 fully saturated rings. The Morgan fingerprint density at radius 3 is 2.05 bits per heavy atom. The Bertz CT molecular complexity index is 737. The predicted octanol–water partition coefficient (Wildman–Crippen LogP) is 5.08. The molecule has 7 heteroatoms. The fourth-order valence-corrected chi connectivity index (χ4v) is 5.63. The lowest BCUT2D eigenvalue weighted by Gasteiger charge is -2.13. The first-order valence-corrected chi connectivity index (χ1v) is 9.40. The summed E-state index contributed by atoms with van der Waals surface area (Å²) < 4.78 is 29.3. The van der Waals surface area contributed by atoms with E-state index in [2.05, 4.69) is 52.5 Å². The van der Waals surface area contributed by atoms with Crippen molar-refractivity contribution in [2.75, 3.05) is 4.72 Å². The van der Waals surface area contributed by atoms with Crippen molar-refractivity contribution in [3.63, 3.8) is 0 Å². The first-order chi connectivity index (χ1) is 9.31. The van der Waals surface area contributed by atoms with Gasteiger partial charge in [0.05, 0.1) is 5.69 Å². The summed E-state index contributed by atoms with van der Waals surface area (Å²) in [7, 11) is -3.66. The Hall–Kier alpha value is -0.370. The first-order valence-electron chi connectivity index (χ1n) is 5.54. The molecule has 0 aliphatic heterocycles. The highest BCUT2D eigenvalue weighted by atomic mass is 79.9. The number of halogens is 3. The highest BCUT2D eigenvalue weighted by molar-refractivity contribution is 9.11. The maximum absolute atomic E-state index is 12.4. The molecule has 0 aliphatic rings. The number of aryl methyl sites for hydroxylation is 1. The topological polar surface area (TPSA) is 46.2 Å². The van der Waals surface area contributed by atoms with Crippen LogP contribution >= 0.6 is 47.8 Å². The maximum Gasteiger partial charge on any atom is 0.263 e. The van der Waals surface area contributed by atoms with Gasteiger partial charge in [-0.3, -0.25) is 4.72 Å². The second-order valence-electron chi connectivity index (χ2n) is 4.14. The number of anilines is 1. The van der Waals surface area contributed by atoms with E-state index in [9.17, 15) is 8.42 Å². The molecule has 1 N–H and O–H groups in total. The highest BCUT2D eigenvalue weighted by Gasteiger charge is 2.19. The van der Waals surface area contributed by atoms with Crippen molar-refractivity contribution < 1.29 is 8.42 Å². The lowest BCUT2D eigenvalue weighted by Crippen LogP contribution is -2.14. The zero-order valence-electron chi connectivity index (χ0n) is 10.3. The number of benzene rings is 2. The molecule has 20 heavy (non-hydrogen) atoms. The van der Waals surface area contributed by atoms with Crippen LogP contribution in [0, 0.1) is 6.92 Å².